The van der Waals surface area contributed by atoms with Crippen LogP contribution in [0.4, 0.5) is 4.79 Å². The number of carbonyl (C=O) groups is 1. The predicted octanol–water partition coefficient (Wildman–Crippen LogP) is 2.08. The Morgan fingerprint density at radius 2 is 2.07 bits per heavy atom. The number of hydrogen-bond acceptors (Lipinski definition) is 2. The molecule has 2 aliphatic rings. The van der Waals surface area contributed by atoms with E-state index in [0.717, 1.165) is 19.5 Å². The van der Waals surface area contributed by atoms with Gasteiger partial charge in [0.05, 0.1) is 0 Å². The van der Waals surface area contributed by atoms with E-state index in [2.05, 4.69) is 11.6 Å². The Balaban J connectivity index is 1.76. The van der Waals surface area contributed by atoms with E-state index in [4.69, 9.17) is 0 Å². The van der Waals surface area contributed by atoms with E-state index in [9.17, 15) is 4.79 Å². The first kappa shape index (κ1) is 11.1. The smallest absolute Gasteiger partial charge is 0.317 e. The fourth-order valence-electron chi connectivity index (χ4n) is 2.44. The molecule has 1 heterocycles. The summed E-state index contributed by atoms with van der Waals surface area (Å²) in [6, 6.07) is 0.615. The molecule has 0 bridgehead atoms. The van der Waals surface area contributed by atoms with E-state index in [1.165, 1.54) is 25.7 Å². The molecule has 1 atom stereocenters. The normalized spacial score (nSPS) is 27.3. The highest BCUT2D eigenvalue weighted by molar-refractivity contribution is 7.99. The van der Waals surface area contributed by atoms with Crippen molar-refractivity contribution in [1.29, 1.82) is 0 Å². The summed E-state index contributed by atoms with van der Waals surface area (Å²) in [4.78, 5) is 13.8. The van der Waals surface area contributed by atoms with Crippen LogP contribution < -0.4 is 5.32 Å². The number of rotatable bonds is 2. The van der Waals surface area contributed by atoms with Crippen molar-refractivity contribution in [3.8, 4) is 0 Å². The number of nitrogens with zero attached hydrogens (tertiary/aromatic N) is 1. The van der Waals surface area contributed by atoms with Crippen molar-refractivity contribution in [3.05, 3.63) is 0 Å². The Bertz CT molecular complexity index is 229. The van der Waals surface area contributed by atoms with Crippen LogP contribution in [0.1, 0.15) is 32.1 Å². The maximum Gasteiger partial charge on any atom is 0.317 e. The predicted molar refractivity (Wildman–Crippen MR) is 64.3 cm³/mol. The van der Waals surface area contributed by atoms with Gasteiger partial charge in [-0.05, 0) is 25.5 Å². The molecule has 0 aromatic rings. The average Bonchev–Trinajstić information content (AvgIpc) is 2.86. The quantitative estimate of drug-likeness (QED) is 0.785. The summed E-state index contributed by atoms with van der Waals surface area (Å²) < 4.78 is 0. The SMILES string of the molecule is CSC1CCN(C(=O)NC2CCCC2)C1. The zero-order valence-electron chi connectivity index (χ0n) is 9.37. The van der Waals surface area contributed by atoms with Crippen molar-refractivity contribution < 1.29 is 4.79 Å². The molecule has 0 radical (unpaired) electrons. The maximum atomic E-state index is 11.9. The van der Waals surface area contributed by atoms with Gasteiger partial charge in [0.15, 0.2) is 0 Å². The second-order valence-corrected chi connectivity index (χ2v) is 5.66. The van der Waals surface area contributed by atoms with Gasteiger partial charge < -0.3 is 10.2 Å². The molecule has 86 valence electrons. The molecule has 1 unspecified atom stereocenters. The van der Waals surface area contributed by atoms with Crippen LogP contribution in [0.5, 0.6) is 0 Å². The lowest BCUT2D eigenvalue weighted by molar-refractivity contribution is 0.205. The molecule has 4 heteroatoms. The first-order chi connectivity index (χ1) is 7.29. The van der Waals surface area contributed by atoms with Gasteiger partial charge >= 0.3 is 6.03 Å². The lowest BCUT2D eigenvalue weighted by Crippen LogP contribution is -2.43. The second-order valence-electron chi connectivity index (χ2n) is 4.52. The molecular weight excluding hydrogens is 208 g/mol. The van der Waals surface area contributed by atoms with Crippen LogP contribution in [0.15, 0.2) is 0 Å². The molecule has 1 saturated carbocycles. The third-order valence-electron chi connectivity index (χ3n) is 3.45. The van der Waals surface area contributed by atoms with Gasteiger partial charge in [-0.15, -0.1) is 0 Å². The number of carbonyl (C=O) groups excluding carboxylic acids is 1. The number of urea groups is 1. The number of hydrogen-bond donors (Lipinski definition) is 1. The van der Waals surface area contributed by atoms with E-state index in [1.807, 2.05) is 16.7 Å². The minimum Gasteiger partial charge on any atom is -0.335 e. The van der Waals surface area contributed by atoms with Crippen LogP contribution in [-0.2, 0) is 0 Å². The molecule has 2 rings (SSSR count). The van der Waals surface area contributed by atoms with Crippen LogP contribution in [0, 0.1) is 0 Å². The monoisotopic (exact) mass is 228 g/mol. The Hall–Kier alpha value is -0.380. The van der Waals surface area contributed by atoms with E-state index in [0.29, 0.717) is 11.3 Å². The van der Waals surface area contributed by atoms with Crippen molar-refractivity contribution in [2.24, 2.45) is 0 Å². The van der Waals surface area contributed by atoms with E-state index < -0.39 is 0 Å². The Morgan fingerprint density at radius 3 is 2.67 bits per heavy atom. The number of thioether (sulfide) groups is 1. The fraction of sp³-hybridized carbons (Fsp3) is 0.909. The van der Waals surface area contributed by atoms with Gasteiger partial charge in [-0.2, -0.15) is 11.8 Å². The van der Waals surface area contributed by atoms with Crippen molar-refractivity contribution in [1.82, 2.24) is 10.2 Å². The summed E-state index contributed by atoms with van der Waals surface area (Å²) in [7, 11) is 0. The molecule has 0 aromatic carbocycles. The summed E-state index contributed by atoms with van der Waals surface area (Å²) >= 11 is 1.87. The Kier molecular flexibility index (Phi) is 3.78. The van der Waals surface area contributed by atoms with Crippen LogP contribution in [0.3, 0.4) is 0 Å². The Morgan fingerprint density at radius 1 is 1.33 bits per heavy atom. The van der Waals surface area contributed by atoms with Gasteiger partial charge in [0, 0.05) is 24.4 Å². The van der Waals surface area contributed by atoms with E-state index >= 15 is 0 Å². The van der Waals surface area contributed by atoms with Crippen molar-refractivity contribution >= 4 is 17.8 Å². The molecule has 1 aliphatic carbocycles. The lowest BCUT2D eigenvalue weighted by Gasteiger charge is -2.20. The molecule has 2 fully saturated rings. The third-order valence-corrected chi connectivity index (χ3v) is 4.50. The first-order valence-electron chi connectivity index (χ1n) is 5.88. The number of amides is 2. The molecule has 1 aliphatic heterocycles. The highest BCUT2D eigenvalue weighted by atomic mass is 32.2. The van der Waals surface area contributed by atoms with E-state index in [1.54, 1.807) is 0 Å². The van der Waals surface area contributed by atoms with E-state index in [-0.39, 0.29) is 6.03 Å². The molecule has 15 heavy (non-hydrogen) atoms. The van der Waals surface area contributed by atoms with Crippen LogP contribution in [0.2, 0.25) is 0 Å². The minimum absolute atomic E-state index is 0.165. The lowest BCUT2D eigenvalue weighted by atomic mass is 10.2. The molecule has 0 spiro atoms. The molecule has 2 amide bonds. The minimum atomic E-state index is 0.165. The van der Waals surface area contributed by atoms with Gasteiger partial charge in [-0.3, -0.25) is 0 Å². The van der Waals surface area contributed by atoms with Gasteiger partial charge in [0.25, 0.3) is 0 Å². The van der Waals surface area contributed by atoms with Gasteiger partial charge in [-0.25, -0.2) is 4.79 Å². The largest absolute Gasteiger partial charge is 0.335 e. The molecule has 1 N–H and O–H groups in total. The summed E-state index contributed by atoms with van der Waals surface area (Å²) in [6.07, 6.45) is 8.18. The summed E-state index contributed by atoms with van der Waals surface area (Å²) in [5.41, 5.74) is 0. The van der Waals surface area contributed by atoms with Crippen LogP contribution in [0.25, 0.3) is 0 Å². The maximum absolute atomic E-state index is 11.9. The summed E-state index contributed by atoms with van der Waals surface area (Å²) in [5, 5.41) is 3.80. The molecular formula is C11H20N2OS. The topological polar surface area (TPSA) is 32.3 Å². The zero-order valence-corrected chi connectivity index (χ0v) is 10.2. The van der Waals surface area contributed by atoms with Gasteiger partial charge in [0.2, 0.25) is 0 Å². The highest BCUT2D eigenvalue weighted by Crippen LogP contribution is 2.21. The molecule has 1 saturated heterocycles. The molecule has 0 aromatic heterocycles. The van der Waals surface area contributed by atoms with Crippen LogP contribution in [-0.4, -0.2) is 41.6 Å². The molecule has 3 nitrogen and oxygen atoms in total. The summed E-state index contributed by atoms with van der Waals surface area (Å²) in [6.45, 7) is 1.86. The fourth-order valence-corrected chi connectivity index (χ4v) is 3.11. The van der Waals surface area contributed by atoms with Crippen molar-refractivity contribution in [3.63, 3.8) is 0 Å². The Labute approximate surface area is 96.0 Å². The van der Waals surface area contributed by atoms with Gasteiger partial charge in [-0.1, -0.05) is 12.8 Å². The highest BCUT2D eigenvalue weighted by Gasteiger charge is 2.27. The number of likely N-dealkylation sites (tertiary alicyclic amines) is 1. The third kappa shape index (κ3) is 2.80. The summed E-state index contributed by atoms with van der Waals surface area (Å²) in [5.74, 6) is 0. The van der Waals surface area contributed by atoms with Crippen LogP contribution >= 0.6 is 11.8 Å². The first-order valence-corrected chi connectivity index (χ1v) is 7.16. The zero-order chi connectivity index (χ0) is 10.7. The van der Waals surface area contributed by atoms with Gasteiger partial charge in [0.1, 0.15) is 0 Å². The average molecular weight is 228 g/mol. The standard InChI is InChI=1S/C11H20N2OS/c1-15-10-6-7-13(8-10)11(14)12-9-4-2-3-5-9/h9-10H,2-8H2,1H3,(H,12,14). The van der Waals surface area contributed by atoms with Crippen molar-refractivity contribution in [2.75, 3.05) is 19.3 Å². The number of nitrogens with one attached hydrogen (secondary N) is 1. The second kappa shape index (κ2) is 5.10. The van der Waals surface area contributed by atoms with Crippen molar-refractivity contribution in [2.45, 2.75) is 43.4 Å².